The Bertz CT molecular complexity index is 1110. The van der Waals surface area contributed by atoms with E-state index >= 15 is 0 Å². The first-order chi connectivity index (χ1) is 14.2. The number of hydrogen-bond acceptors (Lipinski definition) is 4. The van der Waals surface area contributed by atoms with Gasteiger partial charge in [-0.15, -0.1) is 0 Å². The molecule has 0 N–H and O–H groups in total. The van der Waals surface area contributed by atoms with E-state index in [0.717, 1.165) is 69.4 Å². The molecule has 6 heteroatoms. The molecule has 0 atom stereocenters. The highest BCUT2D eigenvalue weighted by atomic mass is 16.5. The number of aryl methyl sites for hydroxylation is 1. The van der Waals surface area contributed by atoms with Crippen LogP contribution >= 0.6 is 0 Å². The summed E-state index contributed by atoms with van der Waals surface area (Å²) in [7, 11) is 0. The van der Waals surface area contributed by atoms with E-state index in [1.54, 1.807) is 15.2 Å². The smallest absolute Gasteiger partial charge is 0.258 e. The molecule has 4 rings (SSSR count). The highest BCUT2D eigenvalue weighted by molar-refractivity contribution is 5.97. The second-order valence-electron chi connectivity index (χ2n) is 7.82. The molecular formula is C23H29N3O3. The molecule has 0 amide bonds. The molecule has 1 saturated heterocycles. The standard InChI is InChI=1S/C23H29N3O3/c1-2-3-4-7-25-8-5-18-16-19-6-9-26(11-10-24-12-14-29-15-13-24)23(28)21(19)17-20(18)22(25)27/h5-6,8-9,16-17H,2-4,7,10-15H2,1H3. The van der Waals surface area contributed by atoms with Gasteiger partial charge in [0, 0.05) is 55.9 Å². The molecule has 0 bridgehead atoms. The molecule has 6 nitrogen and oxygen atoms in total. The Morgan fingerprint density at radius 1 is 0.828 bits per heavy atom. The first-order valence-electron chi connectivity index (χ1n) is 10.6. The van der Waals surface area contributed by atoms with E-state index in [1.807, 2.05) is 30.6 Å². The number of fused-ring (bicyclic) bond motifs is 2. The first kappa shape index (κ1) is 19.9. The quantitative estimate of drug-likeness (QED) is 0.456. The number of benzene rings is 1. The van der Waals surface area contributed by atoms with E-state index in [0.29, 0.717) is 17.3 Å². The van der Waals surface area contributed by atoms with Crippen molar-refractivity contribution >= 4 is 21.5 Å². The van der Waals surface area contributed by atoms with Crippen LogP contribution in [0.2, 0.25) is 0 Å². The maximum Gasteiger partial charge on any atom is 0.258 e. The average molecular weight is 396 g/mol. The predicted molar refractivity (Wildman–Crippen MR) is 117 cm³/mol. The number of ether oxygens (including phenoxy) is 1. The largest absolute Gasteiger partial charge is 0.379 e. The zero-order valence-electron chi connectivity index (χ0n) is 17.1. The topological polar surface area (TPSA) is 56.5 Å². The molecule has 0 radical (unpaired) electrons. The van der Waals surface area contributed by atoms with Crippen molar-refractivity contribution in [2.45, 2.75) is 39.3 Å². The third-order valence-corrected chi connectivity index (χ3v) is 5.84. The number of hydrogen-bond donors (Lipinski definition) is 0. The van der Waals surface area contributed by atoms with E-state index < -0.39 is 0 Å². The Labute approximate surface area is 170 Å². The fourth-order valence-corrected chi connectivity index (χ4v) is 4.02. The molecule has 0 spiro atoms. The Morgan fingerprint density at radius 3 is 2.07 bits per heavy atom. The van der Waals surface area contributed by atoms with Crippen molar-refractivity contribution in [1.82, 2.24) is 14.0 Å². The fourth-order valence-electron chi connectivity index (χ4n) is 4.02. The van der Waals surface area contributed by atoms with Crippen LogP contribution < -0.4 is 11.1 Å². The minimum Gasteiger partial charge on any atom is -0.379 e. The summed E-state index contributed by atoms with van der Waals surface area (Å²) in [4.78, 5) is 28.3. The van der Waals surface area contributed by atoms with Crippen LogP contribution in [-0.4, -0.2) is 46.9 Å². The van der Waals surface area contributed by atoms with Crippen LogP contribution in [0.25, 0.3) is 21.5 Å². The number of nitrogens with zero attached hydrogens (tertiary/aromatic N) is 3. The van der Waals surface area contributed by atoms with Gasteiger partial charge in [-0.2, -0.15) is 0 Å². The normalized spacial score (nSPS) is 15.3. The average Bonchev–Trinajstić information content (AvgIpc) is 2.75. The summed E-state index contributed by atoms with van der Waals surface area (Å²) in [6, 6.07) is 7.70. The molecule has 1 aliphatic rings. The highest BCUT2D eigenvalue weighted by Crippen LogP contribution is 2.18. The Morgan fingerprint density at radius 2 is 1.45 bits per heavy atom. The van der Waals surface area contributed by atoms with Crippen LogP contribution in [0.15, 0.2) is 46.2 Å². The van der Waals surface area contributed by atoms with E-state index in [1.165, 1.54) is 0 Å². The monoisotopic (exact) mass is 395 g/mol. The lowest BCUT2D eigenvalue weighted by molar-refractivity contribution is 0.0363. The van der Waals surface area contributed by atoms with Gasteiger partial charge in [0.05, 0.1) is 13.2 Å². The molecule has 154 valence electrons. The van der Waals surface area contributed by atoms with Crippen LogP contribution in [-0.2, 0) is 17.8 Å². The zero-order chi connectivity index (χ0) is 20.2. The van der Waals surface area contributed by atoms with Crippen LogP contribution in [0.1, 0.15) is 26.2 Å². The zero-order valence-corrected chi connectivity index (χ0v) is 17.1. The SMILES string of the molecule is CCCCCn1ccc2cc3ccn(CCN4CCOCC4)c(=O)c3cc2c1=O. The number of morpholine rings is 1. The molecular weight excluding hydrogens is 366 g/mol. The Balaban J connectivity index is 1.66. The summed E-state index contributed by atoms with van der Waals surface area (Å²) in [5, 5.41) is 3.01. The highest BCUT2D eigenvalue weighted by Gasteiger charge is 2.12. The summed E-state index contributed by atoms with van der Waals surface area (Å²) >= 11 is 0. The maximum atomic E-state index is 13.1. The summed E-state index contributed by atoms with van der Waals surface area (Å²) in [6.45, 7) is 7.66. The summed E-state index contributed by atoms with van der Waals surface area (Å²) in [6.07, 6.45) is 6.95. The van der Waals surface area contributed by atoms with Gasteiger partial charge in [0.25, 0.3) is 11.1 Å². The lowest BCUT2D eigenvalue weighted by Crippen LogP contribution is -2.39. The van der Waals surface area contributed by atoms with Crippen LogP contribution in [0.5, 0.6) is 0 Å². The lowest BCUT2D eigenvalue weighted by atomic mass is 10.1. The summed E-state index contributed by atoms with van der Waals surface area (Å²) < 4.78 is 8.91. The molecule has 29 heavy (non-hydrogen) atoms. The Hall–Kier alpha value is -2.44. The fraction of sp³-hybridized carbons (Fsp3) is 0.478. The van der Waals surface area contributed by atoms with Gasteiger partial charge in [0.2, 0.25) is 0 Å². The van der Waals surface area contributed by atoms with Crippen LogP contribution in [0, 0.1) is 0 Å². The van der Waals surface area contributed by atoms with Crippen LogP contribution in [0.3, 0.4) is 0 Å². The van der Waals surface area contributed by atoms with Crippen molar-refractivity contribution < 1.29 is 4.74 Å². The van der Waals surface area contributed by atoms with Gasteiger partial charge in [0.1, 0.15) is 0 Å². The van der Waals surface area contributed by atoms with E-state index in [9.17, 15) is 9.59 Å². The van der Waals surface area contributed by atoms with Gasteiger partial charge >= 0.3 is 0 Å². The molecule has 1 aliphatic heterocycles. The van der Waals surface area contributed by atoms with Crippen molar-refractivity contribution in [2.75, 3.05) is 32.8 Å². The van der Waals surface area contributed by atoms with Crippen molar-refractivity contribution in [3.8, 4) is 0 Å². The molecule has 0 aliphatic carbocycles. The van der Waals surface area contributed by atoms with Crippen molar-refractivity contribution in [3.05, 3.63) is 57.4 Å². The number of rotatable bonds is 7. The van der Waals surface area contributed by atoms with Crippen molar-refractivity contribution in [2.24, 2.45) is 0 Å². The third-order valence-electron chi connectivity index (χ3n) is 5.84. The van der Waals surface area contributed by atoms with Gasteiger partial charge in [-0.1, -0.05) is 19.8 Å². The van der Waals surface area contributed by atoms with Gasteiger partial charge in [-0.25, -0.2) is 0 Å². The molecule has 0 unspecified atom stereocenters. The number of pyridine rings is 2. The molecule has 2 aromatic heterocycles. The molecule has 1 fully saturated rings. The molecule has 0 saturated carbocycles. The summed E-state index contributed by atoms with van der Waals surface area (Å²) in [5.41, 5.74) is -0.0398. The van der Waals surface area contributed by atoms with Crippen molar-refractivity contribution in [1.29, 1.82) is 0 Å². The van der Waals surface area contributed by atoms with Gasteiger partial charge in [-0.3, -0.25) is 14.5 Å². The predicted octanol–water partition coefficient (Wildman–Crippen LogP) is 2.84. The lowest BCUT2D eigenvalue weighted by Gasteiger charge is -2.26. The number of aromatic nitrogens is 2. The third kappa shape index (κ3) is 4.28. The minimum atomic E-state index is -0.0292. The summed E-state index contributed by atoms with van der Waals surface area (Å²) in [5.74, 6) is 0. The second kappa shape index (κ2) is 8.93. The van der Waals surface area contributed by atoms with Gasteiger partial charge in [-0.05, 0) is 41.5 Å². The van der Waals surface area contributed by atoms with E-state index in [4.69, 9.17) is 4.74 Å². The molecule has 3 aromatic rings. The van der Waals surface area contributed by atoms with Gasteiger partial charge < -0.3 is 13.9 Å². The van der Waals surface area contributed by atoms with E-state index in [2.05, 4.69) is 11.8 Å². The second-order valence-corrected chi connectivity index (χ2v) is 7.82. The number of unbranched alkanes of at least 4 members (excludes halogenated alkanes) is 2. The minimum absolute atomic E-state index is 0.0105. The Kier molecular flexibility index (Phi) is 6.11. The molecule has 1 aromatic carbocycles. The first-order valence-corrected chi connectivity index (χ1v) is 10.6. The maximum absolute atomic E-state index is 13.1. The van der Waals surface area contributed by atoms with E-state index in [-0.39, 0.29) is 11.1 Å². The van der Waals surface area contributed by atoms with Crippen LogP contribution in [0.4, 0.5) is 0 Å². The van der Waals surface area contributed by atoms with Crippen molar-refractivity contribution in [3.63, 3.8) is 0 Å². The molecule has 3 heterocycles. The van der Waals surface area contributed by atoms with Gasteiger partial charge in [0.15, 0.2) is 0 Å².